The van der Waals surface area contributed by atoms with Gasteiger partial charge in [0.25, 0.3) is 0 Å². The molecule has 1 atom stereocenters. The molecule has 3 heterocycles. The van der Waals surface area contributed by atoms with Gasteiger partial charge in [-0.3, -0.25) is 9.69 Å². The maximum atomic E-state index is 13.4. The predicted octanol–water partition coefficient (Wildman–Crippen LogP) is 3.86. The van der Waals surface area contributed by atoms with Gasteiger partial charge in [0.2, 0.25) is 5.91 Å². The van der Waals surface area contributed by atoms with E-state index in [0.717, 1.165) is 68.3 Å². The van der Waals surface area contributed by atoms with E-state index >= 15 is 0 Å². The van der Waals surface area contributed by atoms with Crippen LogP contribution >= 0.6 is 11.3 Å². The van der Waals surface area contributed by atoms with Gasteiger partial charge < -0.3 is 4.90 Å². The van der Waals surface area contributed by atoms with Crippen molar-refractivity contribution in [2.45, 2.75) is 39.2 Å². The van der Waals surface area contributed by atoms with E-state index in [1.165, 1.54) is 0 Å². The van der Waals surface area contributed by atoms with Gasteiger partial charge in [-0.25, -0.2) is 4.98 Å². The van der Waals surface area contributed by atoms with Crippen LogP contribution in [0.3, 0.4) is 0 Å². The molecule has 2 fully saturated rings. The monoisotopic (exact) mass is 355 g/mol. The number of amides is 1. The zero-order valence-corrected chi connectivity index (χ0v) is 15.6. The molecule has 4 nitrogen and oxygen atoms in total. The van der Waals surface area contributed by atoms with Crippen molar-refractivity contribution in [3.8, 4) is 0 Å². The number of carbonyl (C=O) groups excluding carboxylic acids is 1. The first-order chi connectivity index (χ1) is 12.2. The summed E-state index contributed by atoms with van der Waals surface area (Å²) in [7, 11) is 0. The van der Waals surface area contributed by atoms with Crippen molar-refractivity contribution in [2.75, 3.05) is 24.5 Å². The van der Waals surface area contributed by atoms with Crippen LogP contribution in [0.5, 0.6) is 0 Å². The van der Waals surface area contributed by atoms with Crippen LogP contribution in [0.2, 0.25) is 0 Å². The Bertz CT molecular complexity index is 740. The van der Waals surface area contributed by atoms with Crippen molar-refractivity contribution < 1.29 is 4.79 Å². The third-order valence-corrected chi connectivity index (χ3v) is 6.44. The number of anilines is 1. The van der Waals surface area contributed by atoms with E-state index in [2.05, 4.69) is 27.4 Å². The highest BCUT2D eigenvalue weighted by molar-refractivity contribution is 7.09. The molecule has 2 aliphatic rings. The largest absolute Gasteiger partial charge is 0.312 e. The molecule has 2 saturated heterocycles. The highest BCUT2D eigenvalue weighted by atomic mass is 32.1. The standard InChI is InChI=1S/C20H25N3OS/c1-16-14-25-18(21-16)13-22-11-5-9-20(15-22)10-6-12-23(19(20)24)17-7-3-2-4-8-17/h2-4,7-8,14H,5-6,9-13,15H2,1H3. The Morgan fingerprint density at radius 1 is 1.16 bits per heavy atom. The minimum Gasteiger partial charge on any atom is -0.312 e. The van der Waals surface area contributed by atoms with Crippen molar-refractivity contribution >= 4 is 22.9 Å². The summed E-state index contributed by atoms with van der Waals surface area (Å²) in [6.45, 7) is 5.70. The molecule has 1 spiro atoms. The van der Waals surface area contributed by atoms with Crippen LogP contribution < -0.4 is 4.90 Å². The molecule has 4 rings (SSSR count). The molecule has 0 N–H and O–H groups in total. The summed E-state index contributed by atoms with van der Waals surface area (Å²) in [4.78, 5) is 22.4. The van der Waals surface area contributed by atoms with Crippen LogP contribution in [0.15, 0.2) is 35.7 Å². The maximum absolute atomic E-state index is 13.4. The number of para-hydroxylation sites is 1. The van der Waals surface area contributed by atoms with Gasteiger partial charge in [-0.2, -0.15) is 0 Å². The quantitative estimate of drug-likeness (QED) is 0.839. The number of hydrogen-bond acceptors (Lipinski definition) is 4. The molecule has 1 aromatic carbocycles. The molecule has 2 aromatic rings. The molecule has 132 valence electrons. The number of likely N-dealkylation sites (tertiary alicyclic amines) is 1. The number of nitrogens with zero attached hydrogens (tertiary/aromatic N) is 3. The minimum absolute atomic E-state index is 0.210. The average molecular weight is 356 g/mol. The van der Waals surface area contributed by atoms with Crippen molar-refractivity contribution in [2.24, 2.45) is 5.41 Å². The van der Waals surface area contributed by atoms with Gasteiger partial charge in [-0.05, 0) is 51.3 Å². The van der Waals surface area contributed by atoms with Crippen LogP contribution in [-0.4, -0.2) is 35.4 Å². The lowest BCUT2D eigenvalue weighted by atomic mass is 9.73. The van der Waals surface area contributed by atoms with E-state index in [-0.39, 0.29) is 5.41 Å². The SMILES string of the molecule is Cc1csc(CN2CCCC3(CCCN(c4ccccc4)C3=O)C2)n1. The molecule has 1 unspecified atom stereocenters. The van der Waals surface area contributed by atoms with Gasteiger partial charge in [0.15, 0.2) is 0 Å². The Kier molecular flexibility index (Phi) is 4.61. The molecule has 0 saturated carbocycles. The Morgan fingerprint density at radius 2 is 1.92 bits per heavy atom. The van der Waals surface area contributed by atoms with E-state index in [0.29, 0.717) is 5.91 Å². The molecule has 0 aliphatic carbocycles. The van der Waals surface area contributed by atoms with Crippen LogP contribution in [0, 0.1) is 12.3 Å². The summed E-state index contributed by atoms with van der Waals surface area (Å²) < 4.78 is 0. The zero-order chi connectivity index (χ0) is 17.3. The molecular weight excluding hydrogens is 330 g/mol. The number of carbonyl (C=O) groups is 1. The normalized spacial score (nSPS) is 24.8. The third kappa shape index (κ3) is 3.35. The van der Waals surface area contributed by atoms with Crippen LogP contribution in [-0.2, 0) is 11.3 Å². The summed E-state index contributed by atoms with van der Waals surface area (Å²) in [5.41, 5.74) is 1.92. The van der Waals surface area contributed by atoms with E-state index in [9.17, 15) is 4.79 Å². The maximum Gasteiger partial charge on any atom is 0.234 e. The van der Waals surface area contributed by atoms with Crippen molar-refractivity contribution in [1.29, 1.82) is 0 Å². The van der Waals surface area contributed by atoms with Crippen molar-refractivity contribution in [3.05, 3.63) is 46.4 Å². The minimum atomic E-state index is -0.210. The summed E-state index contributed by atoms with van der Waals surface area (Å²) in [5.74, 6) is 0.324. The van der Waals surface area contributed by atoms with Crippen LogP contribution in [0.4, 0.5) is 5.69 Å². The van der Waals surface area contributed by atoms with Gasteiger partial charge in [0.1, 0.15) is 5.01 Å². The summed E-state index contributed by atoms with van der Waals surface area (Å²) in [5, 5.41) is 3.27. The van der Waals surface area contributed by atoms with Gasteiger partial charge in [0, 0.05) is 29.9 Å². The first-order valence-electron chi connectivity index (χ1n) is 9.17. The predicted molar refractivity (Wildman–Crippen MR) is 102 cm³/mol. The lowest BCUT2D eigenvalue weighted by Gasteiger charge is -2.47. The van der Waals surface area contributed by atoms with Crippen molar-refractivity contribution in [3.63, 3.8) is 0 Å². The number of piperidine rings is 2. The van der Waals surface area contributed by atoms with Gasteiger partial charge in [-0.15, -0.1) is 11.3 Å². The fourth-order valence-corrected chi connectivity index (χ4v) is 5.15. The summed E-state index contributed by atoms with van der Waals surface area (Å²) >= 11 is 1.73. The highest BCUT2D eigenvalue weighted by Crippen LogP contribution is 2.41. The Labute approximate surface area is 153 Å². The first-order valence-corrected chi connectivity index (χ1v) is 10.0. The van der Waals surface area contributed by atoms with Crippen LogP contribution in [0.25, 0.3) is 0 Å². The Hall–Kier alpha value is -1.72. The van der Waals surface area contributed by atoms with Crippen LogP contribution in [0.1, 0.15) is 36.4 Å². The number of hydrogen-bond donors (Lipinski definition) is 0. The van der Waals surface area contributed by atoms with Crippen molar-refractivity contribution in [1.82, 2.24) is 9.88 Å². The molecule has 1 aromatic heterocycles. The zero-order valence-electron chi connectivity index (χ0n) is 14.8. The van der Waals surface area contributed by atoms with Gasteiger partial charge in [0.05, 0.1) is 12.0 Å². The highest BCUT2D eigenvalue weighted by Gasteiger charge is 2.46. The molecule has 0 bridgehead atoms. The second-order valence-corrected chi connectivity index (χ2v) is 8.32. The second kappa shape index (κ2) is 6.89. The van der Waals surface area contributed by atoms with E-state index < -0.39 is 0 Å². The van der Waals surface area contributed by atoms with Gasteiger partial charge >= 0.3 is 0 Å². The number of thiazole rings is 1. The van der Waals surface area contributed by atoms with E-state index in [4.69, 9.17) is 0 Å². The number of aryl methyl sites for hydroxylation is 1. The summed E-state index contributed by atoms with van der Waals surface area (Å²) in [6, 6.07) is 10.1. The van der Waals surface area contributed by atoms with E-state index in [1.54, 1.807) is 11.3 Å². The molecule has 2 aliphatic heterocycles. The smallest absolute Gasteiger partial charge is 0.234 e. The lowest BCUT2D eigenvalue weighted by molar-refractivity contribution is -0.134. The topological polar surface area (TPSA) is 36.4 Å². The Morgan fingerprint density at radius 3 is 2.64 bits per heavy atom. The lowest BCUT2D eigenvalue weighted by Crippen LogP contribution is -2.56. The molecule has 0 radical (unpaired) electrons. The fourth-order valence-electron chi connectivity index (χ4n) is 4.33. The third-order valence-electron chi connectivity index (χ3n) is 5.49. The fraction of sp³-hybridized carbons (Fsp3) is 0.500. The number of aromatic nitrogens is 1. The molecular formula is C20H25N3OS. The van der Waals surface area contributed by atoms with Gasteiger partial charge in [-0.1, -0.05) is 18.2 Å². The molecule has 5 heteroatoms. The Balaban J connectivity index is 1.52. The molecule has 1 amide bonds. The first kappa shape index (κ1) is 16.7. The molecule has 25 heavy (non-hydrogen) atoms. The number of rotatable bonds is 3. The number of benzene rings is 1. The second-order valence-electron chi connectivity index (χ2n) is 7.37. The average Bonchev–Trinajstić information content (AvgIpc) is 3.03. The summed E-state index contributed by atoms with van der Waals surface area (Å²) in [6.07, 6.45) is 4.22. The van der Waals surface area contributed by atoms with E-state index in [1.807, 2.05) is 30.0 Å².